The summed E-state index contributed by atoms with van der Waals surface area (Å²) in [7, 11) is 0. The predicted molar refractivity (Wildman–Crippen MR) is 79.2 cm³/mol. The second-order valence-corrected chi connectivity index (χ2v) is 4.98. The number of para-hydroxylation sites is 1. The summed E-state index contributed by atoms with van der Waals surface area (Å²) in [5.74, 6) is 0. The standard InChI is InChI=1S/C18H14N/c1-2-11-19-17-10-6-5-9-15(17)16-12-13-7-3-4-8-14(13)18(16)19/h2-6,8-10H,1,11-12H2. The van der Waals surface area contributed by atoms with Crippen molar-refractivity contribution in [1.29, 1.82) is 0 Å². The van der Waals surface area contributed by atoms with Crippen molar-refractivity contribution in [3.8, 4) is 11.3 Å². The van der Waals surface area contributed by atoms with Gasteiger partial charge in [-0.25, -0.2) is 0 Å². The molecule has 0 saturated heterocycles. The SMILES string of the molecule is C=CCn1c2c(c3ccccc31)Cc1[c]cccc1-2. The van der Waals surface area contributed by atoms with Crippen molar-refractivity contribution in [2.24, 2.45) is 0 Å². The molecule has 4 rings (SSSR count). The van der Waals surface area contributed by atoms with Gasteiger partial charge in [-0.3, -0.25) is 0 Å². The van der Waals surface area contributed by atoms with Gasteiger partial charge in [-0.2, -0.15) is 0 Å². The van der Waals surface area contributed by atoms with E-state index in [4.69, 9.17) is 0 Å². The van der Waals surface area contributed by atoms with Gasteiger partial charge in [0.05, 0.1) is 5.69 Å². The first-order valence-corrected chi connectivity index (χ1v) is 6.61. The molecule has 0 bridgehead atoms. The molecule has 1 heterocycles. The number of hydrogen-bond donors (Lipinski definition) is 0. The molecule has 1 aliphatic carbocycles. The normalized spacial score (nSPS) is 12.4. The number of benzene rings is 2. The van der Waals surface area contributed by atoms with Crippen LogP contribution < -0.4 is 0 Å². The summed E-state index contributed by atoms with van der Waals surface area (Å²) in [5.41, 5.74) is 6.75. The molecule has 0 saturated carbocycles. The lowest BCUT2D eigenvalue weighted by atomic mass is 10.1. The summed E-state index contributed by atoms with van der Waals surface area (Å²) in [6.45, 7) is 4.75. The molecule has 1 aliphatic rings. The predicted octanol–water partition coefficient (Wildman–Crippen LogP) is 4.20. The molecule has 0 aliphatic heterocycles. The van der Waals surface area contributed by atoms with Crippen LogP contribution in [0, 0.1) is 6.07 Å². The first kappa shape index (κ1) is 10.6. The van der Waals surface area contributed by atoms with E-state index >= 15 is 0 Å². The van der Waals surface area contributed by atoms with Crippen LogP contribution in [0.15, 0.2) is 55.1 Å². The second-order valence-electron chi connectivity index (χ2n) is 4.98. The Hall–Kier alpha value is -2.28. The van der Waals surface area contributed by atoms with Crippen molar-refractivity contribution in [3.05, 3.63) is 72.3 Å². The number of nitrogens with zero attached hydrogens (tertiary/aromatic N) is 1. The van der Waals surface area contributed by atoms with Crippen molar-refractivity contribution in [2.75, 3.05) is 0 Å². The summed E-state index contributed by atoms with van der Waals surface area (Å²) < 4.78 is 2.37. The van der Waals surface area contributed by atoms with Gasteiger partial charge < -0.3 is 4.57 Å². The Morgan fingerprint density at radius 3 is 3.00 bits per heavy atom. The zero-order valence-electron chi connectivity index (χ0n) is 10.7. The molecule has 0 spiro atoms. The summed E-state index contributed by atoms with van der Waals surface area (Å²) in [6.07, 6.45) is 2.97. The molecular weight excluding hydrogens is 230 g/mol. The second kappa shape index (κ2) is 3.86. The van der Waals surface area contributed by atoms with Crippen molar-refractivity contribution in [3.63, 3.8) is 0 Å². The highest BCUT2D eigenvalue weighted by Crippen LogP contribution is 2.42. The number of hydrogen-bond acceptors (Lipinski definition) is 0. The van der Waals surface area contributed by atoms with E-state index in [1.165, 1.54) is 33.3 Å². The minimum atomic E-state index is 0.851. The number of fused-ring (bicyclic) bond motifs is 5. The quantitative estimate of drug-likeness (QED) is 0.466. The van der Waals surface area contributed by atoms with Gasteiger partial charge in [0.1, 0.15) is 0 Å². The third-order valence-corrected chi connectivity index (χ3v) is 3.94. The van der Waals surface area contributed by atoms with Gasteiger partial charge in [-0.15, -0.1) is 6.58 Å². The van der Waals surface area contributed by atoms with Gasteiger partial charge in [-0.05, 0) is 23.3 Å². The molecule has 0 fully saturated rings. The maximum Gasteiger partial charge on any atom is 0.0533 e. The third kappa shape index (κ3) is 1.36. The largest absolute Gasteiger partial charge is 0.336 e. The maximum atomic E-state index is 3.90. The molecule has 2 aromatic carbocycles. The van der Waals surface area contributed by atoms with Gasteiger partial charge in [0.2, 0.25) is 0 Å². The number of rotatable bonds is 2. The van der Waals surface area contributed by atoms with E-state index in [-0.39, 0.29) is 0 Å². The molecule has 1 nitrogen and oxygen atoms in total. The van der Waals surface area contributed by atoms with Crippen LogP contribution in [0.2, 0.25) is 0 Å². The highest BCUT2D eigenvalue weighted by Gasteiger charge is 2.25. The van der Waals surface area contributed by atoms with E-state index in [1.807, 2.05) is 12.1 Å². The Kier molecular flexibility index (Phi) is 2.16. The van der Waals surface area contributed by atoms with Crippen LogP contribution in [0.5, 0.6) is 0 Å². The maximum absolute atomic E-state index is 3.90. The van der Waals surface area contributed by atoms with Crippen LogP contribution in [0.3, 0.4) is 0 Å². The van der Waals surface area contributed by atoms with Crippen LogP contribution in [0.1, 0.15) is 11.1 Å². The fourth-order valence-corrected chi connectivity index (χ4v) is 3.20. The number of aromatic nitrogens is 1. The highest BCUT2D eigenvalue weighted by molar-refractivity contribution is 5.95. The lowest BCUT2D eigenvalue weighted by molar-refractivity contribution is 0.874. The zero-order chi connectivity index (χ0) is 12.8. The minimum absolute atomic E-state index is 0.851. The lowest BCUT2D eigenvalue weighted by Crippen LogP contribution is -1.97. The van der Waals surface area contributed by atoms with Gasteiger partial charge in [0, 0.05) is 29.4 Å². The van der Waals surface area contributed by atoms with Crippen molar-refractivity contribution < 1.29 is 0 Å². The molecule has 0 atom stereocenters. The van der Waals surface area contributed by atoms with E-state index in [0.717, 1.165) is 13.0 Å². The third-order valence-electron chi connectivity index (χ3n) is 3.94. The summed E-state index contributed by atoms with van der Waals surface area (Å²) in [6, 6.07) is 18.3. The fraction of sp³-hybridized carbons (Fsp3) is 0.111. The van der Waals surface area contributed by atoms with E-state index in [2.05, 4.69) is 53.6 Å². The Bertz CT molecular complexity index is 793. The van der Waals surface area contributed by atoms with E-state index in [0.29, 0.717) is 0 Å². The van der Waals surface area contributed by atoms with Crippen molar-refractivity contribution in [2.45, 2.75) is 13.0 Å². The van der Waals surface area contributed by atoms with Gasteiger partial charge in [-0.1, -0.05) is 42.5 Å². The summed E-state index contributed by atoms with van der Waals surface area (Å²) in [4.78, 5) is 0. The van der Waals surface area contributed by atoms with Crippen LogP contribution in [-0.2, 0) is 13.0 Å². The summed E-state index contributed by atoms with van der Waals surface area (Å²) >= 11 is 0. The van der Waals surface area contributed by atoms with Gasteiger partial charge in [0.15, 0.2) is 0 Å². The zero-order valence-corrected chi connectivity index (χ0v) is 10.7. The van der Waals surface area contributed by atoms with E-state index in [1.54, 1.807) is 0 Å². The van der Waals surface area contributed by atoms with Crippen molar-refractivity contribution in [1.82, 2.24) is 4.57 Å². The molecule has 0 amide bonds. The molecule has 0 unspecified atom stereocenters. The molecule has 91 valence electrons. The van der Waals surface area contributed by atoms with E-state index in [9.17, 15) is 0 Å². The Morgan fingerprint density at radius 2 is 2.11 bits per heavy atom. The lowest BCUT2D eigenvalue weighted by Gasteiger charge is -2.08. The molecular formula is C18H14N. The molecule has 1 aromatic heterocycles. The van der Waals surface area contributed by atoms with Crippen LogP contribution >= 0.6 is 0 Å². The molecule has 19 heavy (non-hydrogen) atoms. The van der Waals surface area contributed by atoms with Gasteiger partial charge >= 0.3 is 0 Å². The monoisotopic (exact) mass is 244 g/mol. The average Bonchev–Trinajstić information content (AvgIpc) is 2.96. The van der Waals surface area contributed by atoms with Crippen LogP contribution in [-0.4, -0.2) is 4.57 Å². The topological polar surface area (TPSA) is 4.93 Å². The van der Waals surface area contributed by atoms with E-state index < -0.39 is 0 Å². The first-order valence-electron chi connectivity index (χ1n) is 6.61. The minimum Gasteiger partial charge on any atom is -0.336 e. The smallest absolute Gasteiger partial charge is 0.0533 e. The Balaban J connectivity index is 2.12. The van der Waals surface area contributed by atoms with Crippen LogP contribution in [0.4, 0.5) is 0 Å². The molecule has 1 radical (unpaired) electrons. The highest BCUT2D eigenvalue weighted by atomic mass is 15.0. The van der Waals surface area contributed by atoms with Crippen LogP contribution in [0.25, 0.3) is 22.2 Å². The average molecular weight is 244 g/mol. The summed E-state index contributed by atoms with van der Waals surface area (Å²) in [5, 5.41) is 1.36. The van der Waals surface area contributed by atoms with Gasteiger partial charge in [0.25, 0.3) is 0 Å². The molecule has 0 N–H and O–H groups in total. The first-order chi connectivity index (χ1) is 9.40. The molecule has 3 aromatic rings. The number of allylic oxidation sites excluding steroid dienone is 1. The Labute approximate surface area is 112 Å². The Morgan fingerprint density at radius 1 is 1.21 bits per heavy atom. The molecule has 1 heteroatoms. The fourth-order valence-electron chi connectivity index (χ4n) is 3.20. The van der Waals surface area contributed by atoms with Crippen molar-refractivity contribution >= 4 is 10.9 Å².